The first kappa shape index (κ1) is 27.1. The van der Waals surface area contributed by atoms with Crippen molar-refractivity contribution >= 4 is 28.8 Å². The smallest absolute Gasteiger partial charge is 0.350 e. The van der Waals surface area contributed by atoms with Gasteiger partial charge in [0.1, 0.15) is 23.7 Å². The van der Waals surface area contributed by atoms with Crippen LogP contribution in [-0.2, 0) is 4.79 Å². The number of hydrogen-bond donors (Lipinski definition) is 0. The van der Waals surface area contributed by atoms with Crippen LogP contribution in [0.3, 0.4) is 0 Å². The SMILES string of the molecule is [2H]C([2H])=Cc1ccccc1-c1nc2c(cc1F)c(N1CCN(C(=O)C=C)C[C@@H]1C)nc(=O)n2-c1c(C(C)C)ncnc1C(C)C. The number of anilines is 1. The second kappa shape index (κ2) is 11.9. The molecular formula is C33H36FN7O2. The number of halogens is 1. The van der Waals surface area contributed by atoms with E-state index in [0.717, 1.165) is 0 Å². The molecule has 0 unspecified atom stereocenters. The highest BCUT2D eigenvalue weighted by Gasteiger charge is 2.31. The maximum Gasteiger partial charge on any atom is 0.355 e. The molecule has 4 heterocycles. The number of hydrogen-bond acceptors (Lipinski definition) is 7. The Kier molecular flexibility index (Phi) is 7.49. The Hall–Kier alpha value is -4.73. The molecule has 0 radical (unpaired) electrons. The molecule has 4 aromatic rings. The van der Waals surface area contributed by atoms with Crippen molar-refractivity contribution in [3.8, 4) is 16.9 Å². The predicted octanol–water partition coefficient (Wildman–Crippen LogP) is 5.49. The molecule has 0 N–H and O–H groups in total. The number of amides is 1. The van der Waals surface area contributed by atoms with Crippen LogP contribution in [0.15, 0.2) is 60.6 Å². The number of rotatable bonds is 7. The molecule has 3 aromatic heterocycles. The molecule has 1 aliphatic heterocycles. The van der Waals surface area contributed by atoms with Gasteiger partial charge in [0.2, 0.25) is 5.91 Å². The lowest BCUT2D eigenvalue weighted by molar-refractivity contribution is -0.126. The zero-order chi connectivity index (χ0) is 32.6. The van der Waals surface area contributed by atoms with Crippen molar-refractivity contribution in [2.45, 2.75) is 52.5 Å². The molecule has 9 nitrogen and oxygen atoms in total. The van der Waals surface area contributed by atoms with E-state index in [1.54, 1.807) is 29.2 Å². The van der Waals surface area contributed by atoms with E-state index in [0.29, 0.717) is 53.2 Å². The summed E-state index contributed by atoms with van der Waals surface area (Å²) in [6.07, 6.45) is 4.07. The molecule has 1 saturated heterocycles. The molecular weight excluding hydrogens is 545 g/mol. The minimum atomic E-state index is -0.654. The van der Waals surface area contributed by atoms with Gasteiger partial charge in [-0.25, -0.2) is 28.7 Å². The molecule has 43 heavy (non-hydrogen) atoms. The first-order chi connectivity index (χ1) is 21.4. The standard InChI is InChI=1S/C33H36FN7O2/c1-8-22-12-10-11-13-23(22)29-25(34)16-24-31(40-15-14-39(17-21(40)7)26(42)9-2)38-33(43)41(32(24)37-29)30-27(19(3)4)35-18-36-28(30)20(5)6/h8-13,16,18-21H,1-2,14-15,17H2,3-7H3/t21-/m0/s1/i1D2. The van der Waals surface area contributed by atoms with Gasteiger partial charge in [0.25, 0.3) is 0 Å². The molecule has 0 saturated carbocycles. The molecule has 0 aliphatic carbocycles. The number of piperazine rings is 1. The first-order valence-electron chi connectivity index (χ1n) is 15.3. The molecule has 10 heteroatoms. The second-order valence-electron chi connectivity index (χ2n) is 11.3. The summed E-state index contributed by atoms with van der Waals surface area (Å²) >= 11 is 0. The Balaban J connectivity index is 1.86. The van der Waals surface area contributed by atoms with Crippen LogP contribution in [0.25, 0.3) is 34.1 Å². The zero-order valence-corrected chi connectivity index (χ0v) is 25.0. The van der Waals surface area contributed by atoms with Crippen molar-refractivity contribution in [1.29, 1.82) is 0 Å². The maximum absolute atomic E-state index is 16.2. The average Bonchev–Trinajstić information content (AvgIpc) is 3.00. The van der Waals surface area contributed by atoms with Gasteiger partial charge < -0.3 is 9.80 Å². The van der Waals surface area contributed by atoms with Crippen molar-refractivity contribution in [2.75, 3.05) is 24.5 Å². The summed E-state index contributed by atoms with van der Waals surface area (Å²) < 4.78 is 33.0. The fourth-order valence-electron chi connectivity index (χ4n) is 5.64. The fraction of sp³-hybridized carbons (Fsp3) is 0.333. The summed E-state index contributed by atoms with van der Waals surface area (Å²) in [4.78, 5) is 48.6. The van der Waals surface area contributed by atoms with E-state index in [9.17, 15) is 9.59 Å². The molecule has 222 valence electrons. The van der Waals surface area contributed by atoms with E-state index in [1.807, 2.05) is 39.5 Å². The van der Waals surface area contributed by atoms with Crippen molar-refractivity contribution in [3.05, 3.63) is 89.1 Å². The Labute approximate surface area is 253 Å². The molecule has 1 amide bonds. The van der Waals surface area contributed by atoms with Crippen LogP contribution in [0.1, 0.15) is 66.1 Å². The highest BCUT2D eigenvalue weighted by molar-refractivity contribution is 5.91. The number of fused-ring (bicyclic) bond motifs is 1. The Bertz CT molecular complexity index is 1860. The summed E-state index contributed by atoms with van der Waals surface area (Å²) in [6, 6.07) is 7.89. The topological polar surface area (TPSA) is 97.1 Å². The van der Waals surface area contributed by atoms with Gasteiger partial charge in [0.15, 0.2) is 5.65 Å². The van der Waals surface area contributed by atoms with Crippen LogP contribution < -0.4 is 10.6 Å². The highest BCUT2D eigenvalue weighted by atomic mass is 19.1. The van der Waals surface area contributed by atoms with Crippen molar-refractivity contribution < 1.29 is 11.9 Å². The number of benzene rings is 1. The van der Waals surface area contributed by atoms with Crippen LogP contribution in [0, 0.1) is 5.82 Å². The summed E-state index contributed by atoms with van der Waals surface area (Å²) in [5, 5.41) is 0.314. The van der Waals surface area contributed by atoms with Crippen LogP contribution in [0.4, 0.5) is 10.2 Å². The van der Waals surface area contributed by atoms with Crippen molar-refractivity contribution in [1.82, 2.24) is 29.4 Å². The van der Waals surface area contributed by atoms with Gasteiger partial charge in [-0.1, -0.05) is 71.1 Å². The number of carbonyl (C=O) groups is 1. The predicted molar refractivity (Wildman–Crippen MR) is 168 cm³/mol. The first-order valence-corrected chi connectivity index (χ1v) is 14.3. The van der Waals surface area contributed by atoms with E-state index >= 15 is 4.39 Å². The number of pyridine rings is 1. The van der Waals surface area contributed by atoms with Gasteiger partial charge >= 0.3 is 5.69 Å². The molecule has 5 rings (SSSR count). The fourth-order valence-corrected chi connectivity index (χ4v) is 5.64. The van der Waals surface area contributed by atoms with E-state index in [1.165, 1.54) is 29.1 Å². The van der Waals surface area contributed by atoms with E-state index in [-0.39, 0.29) is 40.9 Å². The molecule has 1 aromatic carbocycles. The van der Waals surface area contributed by atoms with Crippen molar-refractivity contribution in [2.24, 2.45) is 0 Å². The summed E-state index contributed by atoms with van der Waals surface area (Å²) in [5.41, 5.74) is 2.04. The molecule has 1 fully saturated rings. The van der Waals surface area contributed by atoms with Gasteiger partial charge in [0, 0.05) is 31.2 Å². The normalized spacial score (nSPS) is 16.0. The lowest BCUT2D eigenvalue weighted by atomic mass is 10.0. The molecule has 0 bridgehead atoms. The zero-order valence-electron chi connectivity index (χ0n) is 27.0. The average molecular weight is 584 g/mol. The van der Waals surface area contributed by atoms with Gasteiger partial charge in [-0.15, -0.1) is 0 Å². The van der Waals surface area contributed by atoms with Gasteiger partial charge in [0.05, 0.1) is 25.2 Å². The largest absolute Gasteiger partial charge is 0.355 e. The van der Waals surface area contributed by atoms with Crippen LogP contribution in [-0.4, -0.2) is 61.0 Å². The Morgan fingerprint density at radius 2 is 1.81 bits per heavy atom. The minimum absolute atomic E-state index is 0.0376. The quantitative estimate of drug-likeness (QED) is 0.266. The maximum atomic E-state index is 16.2. The molecule has 0 spiro atoms. The molecule has 1 atom stereocenters. The lowest BCUT2D eigenvalue weighted by Crippen LogP contribution is -2.54. The van der Waals surface area contributed by atoms with Gasteiger partial charge in [-0.05, 0) is 36.5 Å². The summed E-state index contributed by atoms with van der Waals surface area (Å²) in [7, 11) is 0. The summed E-state index contributed by atoms with van der Waals surface area (Å²) in [6.45, 7) is 14.0. The highest BCUT2D eigenvalue weighted by Crippen LogP contribution is 2.35. The third-order valence-corrected chi connectivity index (χ3v) is 7.75. The van der Waals surface area contributed by atoms with Crippen LogP contribution >= 0.6 is 0 Å². The monoisotopic (exact) mass is 583 g/mol. The van der Waals surface area contributed by atoms with E-state index in [2.05, 4.69) is 21.5 Å². The van der Waals surface area contributed by atoms with E-state index < -0.39 is 18.0 Å². The van der Waals surface area contributed by atoms with Crippen LogP contribution in [0.2, 0.25) is 0 Å². The Morgan fingerprint density at radius 3 is 2.44 bits per heavy atom. The third-order valence-electron chi connectivity index (χ3n) is 7.75. The third kappa shape index (κ3) is 5.33. The summed E-state index contributed by atoms with van der Waals surface area (Å²) in [5.74, 6) is -0.746. The minimum Gasteiger partial charge on any atom is -0.350 e. The molecule has 1 aliphatic rings. The van der Waals surface area contributed by atoms with Crippen molar-refractivity contribution in [3.63, 3.8) is 0 Å². The van der Waals surface area contributed by atoms with Gasteiger partial charge in [-0.2, -0.15) is 4.98 Å². The Morgan fingerprint density at radius 1 is 1.12 bits per heavy atom. The lowest BCUT2D eigenvalue weighted by Gasteiger charge is -2.40. The second-order valence-corrected chi connectivity index (χ2v) is 11.3. The van der Waals surface area contributed by atoms with Crippen LogP contribution in [0.5, 0.6) is 0 Å². The van der Waals surface area contributed by atoms with E-state index in [4.69, 9.17) is 7.73 Å². The number of nitrogens with zero attached hydrogens (tertiary/aromatic N) is 7. The number of carbonyl (C=O) groups excluding carboxylic acids is 1. The van der Waals surface area contributed by atoms with Gasteiger partial charge in [-0.3, -0.25) is 4.79 Å². The number of aromatic nitrogens is 5.